The SMILES string of the molecule is CC(NC(=O)CN(C)C1CCCCC1)c1ccc(Br)cc1. The van der Waals surface area contributed by atoms with E-state index in [1.807, 2.05) is 31.2 Å². The maximum absolute atomic E-state index is 12.2. The Labute approximate surface area is 136 Å². The Bertz CT molecular complexity index is 454. The van der Waals surface area contributed by atoms with Crippen LogP contribution in [0.2, 0.25) is 0 Å². The van der Waals surface area contributed by atoms with Gasteiger partial charge in [0.15, 0.2) is 0 Å². The number of hydrogen-bond donors (Lipinski definition) is 1. The van der Waals surface area contributed by atoms with Crippen LogP contribution in [0.4, 0.5) is 0 Å². The molecule has 1 amide bonds. The van der Waals surface area contributed by atoms with E-state index in [1.165, 1.54) is 32.1 Å². The van der Waals surface area contributed by atoms with Crippen LogP contribution in [-0.2, 0) is 4.79 Å². The van der Waals surface area contributed by atoms with Crippen LogP contribution >= 0.6 is 15.9 Å². The Kier molecular flexibility index (Phi) is 6.24. The molecule has 0 aliphatic heterocycles. The molecule has 1 aromatic rings. The van der Waals surface area contributed by atoms with Crippen LogP contribution in [0.5, 0.6) is 0 Å². The molecule has 0 bridgehead atoms. The monoisotopic (exact) mass is 352 g/mol. The van der Waals surface area contributed by atoms with Crippen LogP contribution in [0.1, 0.15) is 50.6 Å². The summed E-state index contributed by atoms with van der Waals surface area (Å²) in [4.78, 5) is 14.4. The number of nitrogens with one attached hydrogen (secondary N) is 1. The van der Waals surface area contributed by atoms with Gasteiger partial charge in [0.05, 0.1) is 12.6 Å². The van der Waals surface area contributed by atoms with Gasteiger partial charge in [-0.1, -0.05) is 47.3 Å². The van der Waals surface area contributed by atoms with E-state index >= 15 is 0 Å². The molecule has 0 aromatic heterocycles. The molecule has 1 fully saturated rings. The van der Waals surface area contributed by atoms with Gasteiger partial charge in [0.1, 0.15) is 0 Å². The molecule has 0 spiro atoms. The Morgan fingerprint density at radius 1 is 1.29 bits per heavy atom. The largest absolute Gasteiger partial charge is 0.348 e. The van der Waals surface area contributed by atoms with Gasteiger partial charge in [-0.05, 0) is 44.5 Å². The summed E-state index contributed by atoms with van der Waals surface area (Å²) in [6, 6.07) is 8.72. The normalized spacial score (nSPS) is 17.7. The second-order valence-corrected chi connectivity index (χ2v) is 6.96. The minimum atomic E-state index is 0.0466. The number of hydrogen-bond acceptors (Lipinski definition) is 2. The van der Waals surface area contributed by atoms with E-state index in [-0.39, 0.29) is 11.9 Å². The van der Waals surface area contributed by atoms with Crippen molar-refractivity contribution in [3.05, 3.63) is 34.3 Å². The zero-order valence-electron chi connectivity index (χ0n) is 12.9. The van der Waals surface area contributed by atoms with E-state index in [4.69, 9.17) is 0 Å². The third-order valence-electron chi connectivity index (χ3n) is 4.34. The fourth-order valence-electron chi connectivity index (χ4n) is 3.00. The van der Waals surface area contributed by atoms with E-state index in [9.17, 15) is 4.79 Å². The third-order valence-corrected chi connectivity index (χ3v) is 4.87. The predicted molar refractivity (Wildman–Crippen MR) is 90.2 cm³/mol. The molecule has 1 N–H and O–H groups in total. The second kappa shape index (κ2) is 7.95. The molecule has 3 nitrogen and oxygen atoms in total. The standard InChI is InChI=1S/C17H25BrN2O/c1-13(14-8-10-15(18)11-9-14)19-17(21)12-20(2)16-6-4-3-5-7-16/h8-11,13,16H,3-7,12H2,1-2H3,(H,19,21). The van der Waals surface area contributed by atoms with Gasteiger partial charge in [-0.2, -0.15) is 0 Å². The molecular weight excluding hydrogens is 328 g/mol. The fourth-order valence-corrected chi connectivity index (χ4v) is 3.26. The van der Waals surface area contributed by atoms with Crippen LogP contribution in [-0.4, -0.2) is 30.4 Å². The Hall–Kier alpha value is -0.870. The molecule has 21 heavy (non-hydrogen) atoms. The lowest BCUT2D eigenvalue weighted by atomic mass is 9.94. The molecule has 0 saturated heterocycles. The maximum Gasteiger partial charge on any atom is 0.234 e. The number of likely N-dealkylation sites (N-methyl/N-ethyl adjacent to an activating group) is 1. The lowest BCUT2D eigenvalue weighted by Gasteiger charge is -2.31. The van der Waals surface area contributed by atoms with Crippen molar-refractivity contribution in [1.82, 2.24) is 10.2 Å². The van der Waals surface area contributed by atoms with Crippen molar-refractivity contribution in [1.29, 1.82) is 0 Å². The number of benzene rings is 1. The number of carbonyl (C=O) groups is 1. The van der Waals surface area contributed by atoms with Crippen molar-refractivity contribution in [3.63, 3.8) is 0 Å². The van der Waals surface area contributed by atoms with E-state index in [0.29, 0.717) is 12.6 Å². The average molecular weight is 353 g/mol. The van der Waals surface area contributed by atoms with E-state index < -0.39 is 0 Å². The van der Waals surface area contributed by atoms with Gasteiger partial charge in [-0.25, -0.2) is 0 Å². The number of rotatable bonds is 5. The number of nitrogens with zero attached hydrogens (tertiary/aromatic N) is 1. The highest BCUT2D eigenvalue weighted by Crippen LogP contribution is 2.21. The first-order valence-corrected chi connectivity index (χ1v) is 8.60. The Morgan fingerprint density at radius 3 is 2.52 bits per heavy atom. The molecule has 4 heteroatoms. The van der Waals surface area contributed by atoms with Gasteiger partial charge in [0.25, 0.3) is 0 Å². The van der Waals surface area contributed by atoms with Crippen LogP contribution in [0.25, 0.3) is 0 Å². The molecule has 1 aliphatic carbocycles. The lowest BCUT2D eigenvalue weighted by molar-refractivity contribution is -0.123. The summed E-state index contributed by atoms with van der Waals surface area (Å²) in [5.74, 6) is 0.110. The summed E-state index contributed by atoms with van der Waals surface area (Å²) in [7, 11) is 2.07. The third kappa shape index (κ3) is 5.11. The molecule has 116 valence electrons. The van der Waals surface area contributed by atoms with Crippen LogP contribution in [0.15, 0.2) is 28.7 Å². The van der Waals surface area contributed by atoms with Crippen molar-refractivity contribution in [2.75, 3.05) is 13.6 Å². The van der Waals surface area contributed by atoms with E-state index in [2.05, 4.69) is 33.2 Å². The topological polar surface area (TPSA) is 32.3 Å². The first-order chi connectivity index (χ1) is 10.1. The van der Waals surface area contributed by atoms with E-state index in [0.717, 1.165) is 10.0 Å². The molecule has 1 atom stereocenters. The van der Waals surface area contributed by atoms with Crippen LogP contribution in [0.3, 0.4) is 0 Å². The molecular formula is C17H25BrN2O. The van der Waals surface area contributed by atoms with Gasteiger partial charge in [0, 0.05) is 10.5 Å². The number of halogens is 1. The summed E-state index contributed by atoms with van der Waals surface area (Å²) < 4.78 is 1.06. The minimum absolute atomic E-state index is 0.0466. The first kappa shape index (κ1) is 16.5. The quantitative estimate of drug-likeness (QED) is 0.871. The van der Waals surface area contributed by atoms with Crippen molar-refractivity contribution in [2.45, 2.75) is 51.1 Å². The van der Waals surface area contributed by atoms with Gasteiger partial charge < -0.3 is 5.32 Å². The van der Waals surface area contributed by atoms with Gasteiger partial charge in [-0.15, -0.1) is 0 Å². The maximum atomic E-state index is 12.2. The van der Waals surface area contributed by atoms with Crippen molar-refractivity contribution in [2.24, 2.45) is 0 Å². The molecule has 0 heterocycles. The summed E-state index contributed by atoms with van der Waals surface area (Å²) >= 11 is 3.43. The Morgan fingerprint density at radius 2 is 1.90 bits per heavy atom. The zero-order valence-corrected chi connectivity index (χ0v) is 14.5. The minimum Gasteiger partial charge on any atom is -0.348 e. The highest BCUT2D eigenvalue weighted by atomic mass is 79.9. The van der Waals surface area contributed by atoms with E-state index in [1.54, 1.807) is 0 Å². The summed E-state index contributed by atoms with van der Waals surface area (Å²) in [5, 5.41) is 3.09. The molecule has 1 saturated carbocycles. The predicted octanol–water partition coefficient (Wildman–Crippen LogP) is 3.89. The smallest absolute Gasteiger partial charge is 0.234 e. The molecule has 0 radical (unpaired) electrons. The summed E-state index contributed by atoms with van der Waals surface area (Å²) in [6.07, 6.45) is 6.40. The zero-order chi connectivity index (χ0) is 15.2. The highest BCUT2D eigenvalue weighted by molar-refractivity contribution is 9.10. The first-order valence-electron chi connectivity index (χ1n) is 7.81. The molecule has 1 aliphatic rings. The fraction of sp³-hybridized carbons (Fsp3) is 0.588. The van der Waals surface area contributed by atoms with Crippen molar-refractivity contribution < 1.29 is 4.79 Å². The van der Waals surface area contributed by atoms with Gasteiger partial charge >= 0.3 is 0 Å². The highest BCUT2D eigenvalue weighted by Gasteiger charge is 2.20. The van der Waals surface area contributed by atoms with Gasteiger partial charge in [0.2, 0.25) is 5.91 Å². The molecule has 2 rings (SSSR count). The number of carbonyl (C=O) groups excluding carboxylic acids is 1. The summed E-state index contributed by atoms with van der Waals surface area (Å²) in [6.45, 7) is 2.52. The lowest BCUT2D eigenvalue weighted by Crippen LogP contribution is -2.42. The molecule has 1 unspecified atom stereocenters. The van der Waals surface area contributed by atoms with Gasteiger partial charge in [-0.3, -0.25) is 9.69 Å². The number of amides is 1. The van der Waals surface area contributed by atoms with Crippen molar-refractivity contribution >= 4 is 21.8 Å². The van der Waals surface area contributed by atoms with Crippen LogP contribution < -0.4 is 5.32 Å². The average Bonchev–Trinajstić information content (AvgIpc) is 2.48. The molecule has 1 aromatic carbocycles. The van der Waals surface area contributed by atoms with Crippen LogP contribution in [0, 0.1) is 0 Å². The Balaban J connectivity index is 1.81. The summed E-state index contributed by atoms with van der Waals surface area (Å²) in [5.41, 5.74) is 1.13. The van der Waals surface area contributed by atoms with Crippen molar-refractivity contribution in [3.8, 4) is 0 Å². The second-order valence-electron chi connectivity index (χ2n) is 6.05.